The van der Waals surface area contributed by atoms with E-state index in [1.54, 1.807) is 0 Å². The van der Waals surface area contributed by atoms with Gasteiger partial charge in [-0.05, 0) is 38.0 Å². The minimum Gasteiger partial charge on any atom is -0.337 e. The summed E-state index contributed by atoms with van der Waals surface area (Å²) in [5.74, 6) is 2.43. The molecular weight excluding hydrogens is 200 g/mol. The fraction of sp³-hybridized carbons (Fsp3) is 0.923. The molecule has 3 fully saturated rings. The third-order valence-corrected chi connectivity index (χ3v) is 4.84. The first-order valence-electron chi connectivity index (χ1n) is 6.77. The molecular formula is C13H22N2O. The van der Waals surface area contributed by atoms with Gasteiger partial charge in [-0.15, -0.1) is 0 Å². The van der Waals surface area contributed by atoms with Gasteiger partial charge in [-0.3, -0.25) is 4.79 Å². The van der Waals surface area contributed by atoms with Crippen LogP contribution in [0.3, 0.4) is 0 Å². The number of piperazine rings is 1. The van der Waals surface area contributed by atoms with Gasteiger partial charge in [0, 0.05) is 31.6 Å². The molecule has 0 aromatic rings. The summed E-state index contributed by atoms with van der Waals surface area (Å²) in [6.45, 7) is 5.01. The monoisotopic (exact) mass is 222 g/mol. The minimum absolute atomic E-state index is 0.374. The zero-order valence-electron chi connectivity index (χ0n) is 10.1. The highest BCUT2D eigenvalue weighted by Gasteiger charge is 2.45. The van der Waals surface area contributed by atoms with Gasteiger partial charge in [-0.25, -0.2) is 0 Å². The number of fused-ring (bicyclic) bond motifs is 2. The van der Waals surface area contributed by atoms with Gasteiger partial charge in [0.05, 0.1) is 0 Å². The van der Waals surface area contributed by atoms with E-state index in [0.717, 1.165) is 31.5 Å². The van der Waals surface area contributed by atoms with Crippen LogP contribution in [0.15, 0.2) is 0 Å². The van der Waals surface area contributed by atoms with E-state index in [0.29, 0.717) is 17.9 Å². The van der Waals surface area contributed by atoms with Crippen LogP contribution in [0.1, 0.15) is 32.6 Å². The second kappa shape index (κ2) is 4.02. The predicted octanol–water partition coefficient (Wildman–Crippen LogP) is 1.24. The summed E-state index contributed by atoms with van der Waals surface area (Å²) in [7, 11) is 0. The van der Waals surface area contributed by atoms with Crippen molar-refractivity contribution in [1.82, 2.24) is 10.2 Å². The molecule has 1 saturated heterocycles. The fourth-order valence-corrected chi connectivity index (χ4v) is 3.93. The molecule has 1 N–H and O–H groups in total. The summed E-state index contributed by atoms with van der Waals surface area (Å²) in [6.07, 6.45) is 5.20. The second-order valence-electron chi connectivity index (χ2n) is 5.87. The van der Waals surface area contributed by atoms with Gasteiger partial charge in [0.25, 0.3) is 0 Å². The van der Waals surface area contributed by atoms with Gasteiger partial charge < -0.3 is 10.2 Å². The van der Waals surface area contributed by atoms with Crippen LogP contribution in [0.25, 0.3) is 0 Å². The van der Waals surface area contributed by atoms with Crippen molar-refractivity contribution in [3.63, 3.8) is 0 Å². The van der Waals surface area contributed by atoms with Crippen LogP contribution in [0.4, 0.5) is 0 Å². The van der Waals surface area contributed by atoms with E-state index in [-0.39, 0.29) is 0 Å². The Labute approximate surface area is 97.6 Å². The van der Waals surface area contributed by atoms with E-state index in [1.165, 1.54) is 25.7 Å². The molecule has 4 atom stereocenters. The van der Waals surface area contributed by atoms with Gasteiger partial charge in [-0.1, -0.05) is 6.42 Å². The Morgan fingerprint density at radius 2 is 2.19 bits per heavy atom. The van der Waals surface area contributed by atoms with Gasteiger partial charge >= 0.3 is 0 Å². The lowest BCUT2D eigenvalue weighted by Gasteiger charge is -2.37. The third kappa shape index (κ3) is 1.65. The summed E-state index contributed by atoms with van der Waals surface area (Å²) >= 11 is 0. The van der Waals surface area contributed by atoms with Crippen molar-refractivity contribution in [1.29, 1.82) is 0 Å². The fourth-order valence-electron chi connectivity index (χ4n) is 3.93. The molecule has 2 saturated carbocycles. The molecule has 90 valence electrons. The zero-order valence-corrected chi connectivity index (χ0v) is 10.1. The average Bonchev–Trinajstić information content (AvgIpc) is 2.90. The number of nitrogens with zero attached hydrogens (tertiary/aromatic N) is 1. The number of amides is 1. The molecule has 16 heavy (non-hydrogen) atoms. The van der Waals surface area contributed by atoms with E-state index >= 15 is 0 Å². The summed E-state index contributed by atoms with van der Waals surface area (Å²) in [5, 5.41) is 3.35. The highest BCUT2D eigenvalue weighted by atomic mass is 16.2. The maximum absolute atomic E-state index is 12.5. The number of carbonyl (C=O) groups excluding carboxylic acids is 1. The number of rotatable bonds is 1. The highest BCUT2D eigenvalue weighted by molar-refractivity contribution is 5.80. The van der Waals surface area contributed by atoms with Gasteiger partial charge in [0.2, 0.25) is 5.91 Å². The minimum atomic E-state index is 0.374. The molecule has 3 aliphatic rings. The molecule has 1 heterocycles. The largest absolute Gasteiger partial charge is 0.337 e. The second-order valence-corrected chi connectivity index (χ2v) is 5.87. The van der Waals surface area contributed by atoms with E-state index in [2.05, 4.69) is 17.1 Å². The van der Waals surface area contributed by atoms with Crippen LogP contribution in [0, 0.1) is 17.8 Å². The lowest BCUT2D eigenvalue weighted by Crippen LogP contribution is -2.54. The Hall–Kier alpha value is -0.570. The van der Waals surface area contributed by atoms with Gasteiger partial charge in [0.15, 0.2) is 0 Å². The smallest absolute Gasteiger partial charge is 0.226 e. The van der Waals surface area contributed by atoms with Crippen molar-refractivity contribution < 1.29 is 4.79 Å². The van der Waals surface area contributed by atoms with Crippen molar-refractivity contribution in [2.45, 2.75) is 38.6 Å². The average molecular weight is 222 g/mol. The lowest BCUT2D eigenvalue weighted by atomic mass is 9.87. The Kier molecular flexibility index (Phi) is 2.66. The van der Waals surface area contributed by atoms with Crippen LogP contribution >= 0.6 is 0 Å². The summed E-state index contributed by atoms with van der Waals surface area (Å²) in [5.41, 5.74) is 0. The number of carbonyl (C=O) groups is 1. The molecule has 3 heteroatoms. The topological polar surface area (TPSA) is 32.3 Å². The molecule has 3 nitrogen and oxygen atoms in total. The van der Waals surface area contributed by atoms with Crippen LogP contribution in [-0.4, -0.2) is 36.5 Å². The Morgan fingerprint density at radius 1 is 1.31 bits per heavy atom. The predicted molar refractivity (Wildman–Crippen MR) is 63.0 cm³/mol. The van der Waals surface area contributed by atoms with Crippen molar-refractivity contribution in [3.05, 3.63) is 0 Å². The molecule has 1 aliphatic heterocycles. The van der Waals surface area contributed by atoms with Crippen molar-refractivity contribution in [2.24, 2.45) is 17.8 Å². The van der Waals surface area contributed by atoms with Crippen LogP contribution in [-0.2, 0) is 4.79 Å². The van der Waals surface area contributed by atoms with Crippen molar-refractivity contribution >= 4 is 5.91 Å². The molecule has 2 aliphatic carbocycles. The lowest BCUT2D eigenvalue weighted by molar-refractivity contribution is -0.140. The quantitative estimate of drug-likeness (QED) is 0.724. The summed E-state index contributed by atoms with van der Waals surface area (Å²) < 4.78 is 0. The first kappa shape index (κ1) is 10.6. The third-order valence-electron chi connectivity index (χ3n) is 4.84. The summed E-state index contributed by atoms with van der Waals surface area (Å²) in [6, 6.07) is 0.389. The van der Waals surface area contributed by atoms with E-state index in [4.69, 9.17) is 0 Å². The maximum atomic E-state index is 12.5. The summed E-state index contributed by atoms with van der Waals surface area (Å²) in [4.78, 5) is 14.6. The van der Waals surface area contributed by atoms with E-state index in [1.807, 2.05) is 0 Å². The van der Waals surface area contributed by atoms with Crippen molar-refractivity contribution in [2.75, 3.05) is 19.6 Å². The molecule has 3 unspecified atom stereocenters. The molecule has 0 aromatic heterocycles. The number of hydrogen-bond donors (Lipinski definition) is 1. The Balaban J connectivity index is 1.68. The van der Waals surface area contributed by atoms with Crippen LogP contribution in [0.2, 0.25) is 0 Å². The van der Waals surface area contributed by atoms with Gasteiger partial charge in [0.1, 0.15) is 0 Å². The standard InChI is InChI=1S/C13H22N2O/c1-9-8-14-4-5-15(9)13(16)12-7-10-2-3-11(12)6-10/h9-12,14H,2-8H2,1H3/t9-,10?,11?,12?/m1/s1. The molecule has 1 amide bonds. The van der Waals surface area contributed by atoms with Gasteiger partial charge in [-0.2, -0.15) is 0 Å². The molecule has 0 radical (unpaired) electrons. The van der Waals surface area contributed by atoms with E-state index in [9.17, 15) is 4.79 Å². The number of nitrogens with one attached hydrogen (secondary N) is 1. The molecule has 0 spiro atoms. The Morgan fingerprint density at radius 3 is 2.81 bits per heavy atom. The zero-order chi connectivity index (χ0) is 11.1. The highest BCUT2D eigenvalue weighted by Crippen LogP contribution is 2.49. The number of hydrogen-bond acceptors (Lipinski definition) is 2. The van der Waals surface area contributed by atoms with Crippen molar-refractivity contribution in [3.8, 4) is 0 Å². The first-order chi connectivity index (χ1) is 7.75. The van der Waals surface area contributed by atoms with Crippen LogP contribution in [0.5, 0.6) is 0 Å². The Bertz CT molecular complexity index is 288. The molecule has 3 rings (SSSR count). The normalized spacial score (nSPS) is 42.7. The van der Waals surface area contributed by atoms with Crippen LogP contribution < -0.4 is 5.32 Å². The first-order valence-corrected chi connectivity index (χ1v) is 6.77. The SMILES string of the molecule is C[C@@H]1CNCCN1C(=O)C1CC2CCC1C2. The molecule has 0 aromatic carbocycles. The van der Waals surface area contributed by atoms with E-state index < -0.39 is 0 Å². The molecule has 2 bridgehead atoms. The maximum Gasteiger partial charge on any atom is 0.226 e.